The number of nitrogens with zero attached hydrogens (tertiary/aromatic N) is 1. The maximum absolute atomic E-state index is 11.4. The number of fused-ring (bicyclic) bond motifs is 1. The Balaban J connectivity index is 1.89. The third-order valence-electron chi connectivity index (χ3n) is 3.37. The molecule has 0 amide bonds. The molecule has 4 heteroatoms. The molecule has 0 N–H and O–H groups in total. The van der Waals surface area contributed by atoms with Gasteiger partial charge in [-0.15, -0.1) is 0 Å². The van der Waals surface area contributed by atoms with E-state index < -0.39 is 0 Å². The van der Waals surface area contributed by atoms with Gasteiger partial charge in [-0.2, -0.15) is 5.06 Å². The second-order valence-corrected chi connectivity index (χ2v) is 4.14. The number of hydrogen-bond acceptors (Lipinski definition) is 4. The molecule has 0 aromatic heterocycles. The van der Waals surface area contributed by atoms with Gasteiger partial charge in [-0.05, 0) is 5.56 Å². The molecule has 1 aromatic carbocycles. The Morgan fingerprint density at radius 3 is 2.75 bits per heavy atom. The lowest BCUT2D eigenvalue weighted by Crippen LogP contribution is -2.58. The molecule has 0 radical (unpaired) electrons. The number of benzene rings is 1. The summed E-state index contributed by atoms with van der Waals surface area (Å²) in [5, 5.41) is 1.73. The fourth-order valence-electron chi connectivity index (χ4n) is 2.62. The molecule has 16 heavy (non-hydrogen) atoms. The van der Waals surface area contributed by atoms with Gasteiger partial charge >= 0.3 is 5.97 Å². The molecule has 0 saturated carbocycles. The maximum Gasteiger partial charge on any atom is 0.326 e. The van der Waals surface area contributed by atoms with E-state index in [9.17, 15) is 4.79 Å². The van der Waals surface area contributed by atoms with Crippen LogP contribution in [0.4, 0.5) is 0 Å². The summed E-state index contributed by atoms with van der Waals surface area (Å²) in [6, 6.07) is 10.00. The van der Waals surface area contributed by atoms with Crippen LogP contribution in [-0.4, -0.2) is 30.8 Å². The Hall–Kier alpha value is -1.39. The molecular weight excluding hydrogens is 206 g/mol. The summed E-state index contributed by atoms with van der Waals surface area (Å²) < 4.78 is 5.06. The van der Waals surface area contributed by atoms with Gasteiger partial charge in [0.2, 0.25) is 0 Å². The van der Waals surface area contributed by atoms with Crippen LogP contribution in [0.5, 0.6) is 0 Å². The standard InChI is InChI=1S/C12H13NO3/c1-15-13-10(8-5-3-2-4-6-8)9-7-16-12(14)11(9)13/h2-6,9-11H,7H2,1H3/t9?,10-,11?/m1/s1. The predicted molar refractivity (Wildman–Crippen MR) is 56.3 cm³/mol. The van der Waals surface area contributed by atoms with Crippen molar-refractivity contribution in [1.29, 1.82) is 0 Å². The SMILES string of the molecule is CON1C2C(=O)OCC2[C@H]1c1ccccc1. The van der Waals surface area contributed by atoms with Crippen LogP contribution >= 0.6 is 0 Å². The van der Waals surface area contributed by atoms with Gasteiger partial charge in [0.15, 0.2) is 0 Å². The molecule has 2 unspecified atom stereocenters. The minimum absolute atomic E-state index is 0.141. The number of rotatable bonds is 2. The van der Waals surface area contributed by atoms with Gasteiger partial charge in [-0.1, -0.05) is 30.3 Å². The summed E-state index contributed by atoms with van der Waals surface area (Å²) in [5.41, 5.74) is 1.17. The molecule has 3 atom stereocenters. The lowest BCUT2D eigenvalue weighted by molar-refractivity contribution is -0.264. The zero-order chi connectivity index (χ0) is 11.1. The fourth-order valence-corrected chi connectivity index (χ4v) is 2.62. The first-order valence-electron chi connectivity index (χ1n) is 5.37. The molecule has 2 aliphatic rings. The summed E-state index contributed by atoms with van der Waals surface area (Å²) in [7, 11) is 1.60. The van der Waals surface area contributed by atoms with E-state index in [-0.39, 0.29) is 24.0 Å². The maximum atomic E-state index is 11.4. The van der Waals surface area contributed by atoms with Crippen LogP contribution in [0.2, 0.25) is 0 Å². The summed E-state index contributed by atoms with van der Waals surface area (Å²) in [4.78, 5) is 16.7. The molecule has 2 heterocycles. The van der Waals surface area contributed by atoms with Gasteiger partial charge in [0.05, 0.1) is 19.8 Å². The van der Waals surface area contributed by atoms with E-state index in [4.69, 9.17) is 9.57 Å². The van der Waals surface area contributed by atoms with Crippen molar-refractivity contribution in [2.75, 3.05) is 13.7 Å². The summed E-state index contributed by atoms with van der Waals surface area (Å²) in [6.07, 6.45) is 0. The van der Waals surface area contributed by atoms with E-state index in [0.717, 1.165) is 0 Å². The molecule has 2 fully saturated rings. The first kappa shape index (κ1) is 9.81. The summed E-state index contributed by atoms with van der Waals surface area (Å²) in [6.45, 7) is 0.503. The average Bonchev–Trinajstić information content (AvgIpc) is 2.58. The van der Waals surface area contributed by atoms with E-state index in [2.05, 4.69) is 12.1 Å². The number of carbonyl (C=O) groups excluding carboxylic acids is 1. The fraction of sp³-hybridized carbons (Fsp3) is 0.417. The summed E-state index contributed by atoms with van der Waals surface area (Å²) >= 11 is 0. The predicted octanol–water partition coefficient (Wildman–Crippen LogP) is 1.15. The minimum Gasteiger partial charge on any atom is -0.464 e. The molecule has 0 bridgehead atoms. The highest BCUT2D eigenvalue weighted by molar-refractivity contribution is 5.79. The summed E-state index contributed by atoms with van der Waals surface area (Å²) in [5.74, 6) is 0.0638. The van der Waals surface area contributed by atoms with Crippen LogP contribution in [0, 0.1) is 5.92 Å². The van der Waals surface area contributed by atoms with Crippen LogP contribution in [0.1, 0.15) is 11.6 Å². The largest absolute Gasteiger partial charge is 0.464 e. The molecule has 4 nitrogen and oxygen atoms in total. The van der Waals surface area contributed by atoms with Crippen molar-refractivity contribution in [3.05, 3.63) is 35.9 Å². The number of carbonyl (C=O) groups is 1. The number of ether oxygens (including phenoxy) is 1. The molecular formula is C12H13NO3. The number of esters is 1. The number of cyclic esters (lactones) is 1. The van der Waals surface area contributed by atoms with Crippen LogP contribution < -0.4 is 0 Å². The molecule has 2 saturated heterocycles. The molecule has 0 spiro atoms. The lowest BCUT2D eigenvalue weighted by Gasteiger charge is -2.47. The van der Waals surface area contributed by atoms with Gasteiger partial charge in [-0.25, -0.2) is 0 Å². The van der Waals surface area contributed by atoms with E-state index in [0.29, 0.717) is 6.61 Å². The van der Waals surface area contributed by atoms with Crippen molar-refractivity contribution < 1.29 is 14.4 Å². The van der Waals surface area contributed by atoms with Crippen molar-refractivity contribution >= 4 is 5.97 Å². The third-order valence-corrected chi connectivity index (χ3v) is 3.37. The first-order chi connectivity index (χ1) is 7.83. The van der Waals surface area contributed by atoms with E-state index >= 15 is 0 Å². The van der Waals surface area contributed by atoms with E-state index in [1.54, 1.807) is 12.2 Å². The Labute approximate surface area is 93.7 Å². The van der Waals surface area contributed by atoms with Crippen molar-refractivity contribution in [3.63, 3.8) is 0 Å². The Morgan fingerprint density at radius 2 is 2.06 bits per heavy atom. The van der Waals surface area contributed by atoms with Crippen LogP contribution in [0.15, 0.2) is 30.3 Å². The normalized spacial score (nSPS) is 33.1. The van der Waals surface area contributed by atoms with E-state index in [1.165, 1.54) is 5.56 Å². The monoisotopic (exact) mass is 219 g/mol. The molecule has 0 aliphatic carbocycles. The van der Waals surface area contributed by atoms with Crippen LogP contribution in [0.25, 0.3) is 0 Å². The van der Waals surface area contributed by atoms with Gasteiger partial charge in [0, 0.05) is 5.92 Å². The first-order valence-corrected chi connectivity index (χ1v) is 5.37. The topological polar surface area (TPSA) is 38.8 Å². The second-order valence-electron chi connectivity index (χ2n) is 4.14. The molecule has 3 rings (SSSR count). The third kappa shape index (κ3) is 1.20. The van der Waals surface area contributed by atoms with Crippen molar-refractivity contribution in [2.45, 2.75) is 12.1 Å². The highest BCUT2D eigenvalue weighted by atomic mass is 16.7. The van der Waals surface area contributed by atoms with Gasteiger partial charge in [0.1, 0.15) is 6.04 Å². The average molecular weight is 219 g/mol. The quantitative estimate of drug-likeness (QED) is 0.699. The molecule has 84 valence electrons. The van der Waals surface area contributed by atoms with Gasteiger partial charge < -0.3 is 9.57 Å². The van der Waals surface area contributed by atoms with Crippen LogP contribution in [0.3, 0.4) is 0 Å². The highest BCUT2D eigenvalue weighted by Crippen LogP contribution is 2.47. The van der Waals surface area contributed by atoms with Crippen molar-refractivity contribution in [2.24, 2.45) is 5.92 Å². The van der Waals surface area contributed by atoms with Crippen molar-refractivity contribution in [1.82, 2.24) is 5.06 Å². The van der Waals surface area contributed by atoms with Gasteiger partial charge in [0.25, 0.3) is 0 Å². The van der Waals surface area contributed by atoms with Gasteiger partial charge in [-0.3, -0.25) is 4.79 Å². The molecule has 2 aliphatic heterocycles. The second kappa shape index (κ2) is 3.57. The van der Waals surface area contributed by atoms with Crippen LogP contribution in [-0.2, 0) is 14.4 Å². The zero-order valence-electron chi connectivity index (χ0n) is 9.00. The van der Waals surface area contributed by atoms with Crippen molar-refractivity contribution in [3.8, 4) is 0 Å². The van der Waals surface area contributed by atoms with E-state index in [1.807, 2.05) is 18.2 Å². The molecule has 1 aromatic rings. The Morgan fingerprint density at radius 1 is 1.31 bits per heavy atom. The smallest absolute Gasteiger partial charge is 0.326 e. The Bertz CT molecular complexity index is 406. The number of hydrogen-bond donors (Lipinski definition) is 0. The Kier molecular flexibility index (Phi) is 2.19. The highest BCUT2D eigenvalue weighted by Gasteiger charge is 2.58. The zero-order valence-corrected chi connectivity index (χ0v) is 9.00. The minimum atomic E-state index is -0.213. The number of hydroxylamine groups is 2. The lowest BCUT2D eigenvalue weighted by atomic mass is 9.80.